The SMILES string of the molecule is c1ccc(-n2c3ccccc3c3c2ccc2c4c(p(-c5ccccc5)c23)CCCC4)cc1. The maximum atomic E-state index is 2.46. The van der Waals surface area contributed by atoms with E-state index in [1.807, 2.05) is 0 Å². The van der Waals surface area contributed by atoms with E-state index in [-0.39, 0.29) is 0 Å². The minimum Gasteiger partial charge on any atom is -0.309 e. The molecule has 4 aromatic carbocycles. The molecule has 0 bridgehead atoms. The van der Waals surface area contributed by atoms with Crippen LogP contribution >= 0.6 is 7.53 Å². The fourth-order valence-corrected chi connectivity index (χ4v) is 8.90. The van der Waals surface area contributed by atoms with Crippen molar-refractivity contribution in [2.45, 2.75) is 25.7 Å². The molecular weight excluding hydrogens is 405 g/mol. The molecule has 1 nitrogen and oxygen atoms in total. The fourth-order valence-electron chi connectivity index (χ4n) is 5.80. The monoisotopic (exact) mass is 429 g/mol. The van der Waals surface area contributed by atoms with Gasteiger partial charge in [0.2, 0.25) is 0 Å². The smallest absolute Gasteiger partial charge is 0.0551 e. The van der Waals surface area contributed by atoms with Crippen LogP contribution in [0.5, 0.6) is 0 Å². The second-order valence-corrected chi connectivity index (χ2v) is 11.0. The van der Waals surface area contributed by atoms with Crippen LogP contribution in [0.3, 0.4) is 0 Å². The Balaban J connectivity index is 1.72. The van der Waals surface area contributed by atoms with Crippen LogP contribution in [0, 0.1) is 0 Å². The van der Waals surface area contributed by atoms with Gasteiger partial charge in [0, 0.05) is 21.6 Å². The molecule has 0 spiro atoms. The van der Waals surface area contributed by atoms with Gasteiger partial charge in [-0.15, -0.1) is 0 Å². The number of benzene rings is 4. The standard InChI is InChI=1S/C30H24NP/c1-3-11-21(12-4-1)31-26-17-9-7-16-25(26)29-27(31)20-19-24-23-15-8-10-18-28(23)32(30(24)29)22-13-5-2-6-14-22/h1-7,9,11-14,16-17,19-20H,8,10,15,18H2. The zero-order valence-corrected chi connectivity index (χ0v) is 18.9. The summed E-state index contributed by atoms with van der Waals surface area (Å²) in [5, 5.41) is 9.20. The average molecular weight is 430 g/mol. The minimum atomic E-state index is -0.476. The largest absolute Gasteiger partial charge is 0.309 e. The number of aromatic nitrogens is 1. The lowest BCUT2D eigenvalue weighted by Gasteiger charge is -2.14. The van der Waals surface area contributed by atoms with E-state index in [1.165, 1.54) is 63.9 Å². The van der Waals surface area contributed by atoms with Gasteiger partial charge in [0.05, 0.1) is 11.0 Å². The Morgan fingerprint density at radius 3 is 2.16 bits per heavy atom. The lowest BCUT2D eigenvalue weighted by atomic mass is 9.95. The summed E-state index contributed by atoms with van der Waals surface area (Å²) in [5.74, 6) is 0. The Labute approximate surface area is 189 Å². The summed E-state index contributed by atoms with van der Waals surface area (Å²) < 4.78 is 2.46. The minimum absolute atomic E-state index is 0.476. The summed E-state index contributed by atoms with van der Waals surface area (Å²) >= 11 is 0. The molecule has 1 atom stereocenters. The lowest BCUT2D eigenvalue weighted by molar-refractivity contribution is 0.700. The van der Waals surface area contributed by atoms with Gasteiger partial charge in [0.1, 0.15) is 0 Å². The van der Waals surface area contributed by atoms with Gasteiger partial charge < -0.3 is 4.57 Å². The van der Waals surface area contributed by atoms with Crippen LogP contribution in [0.4, 0.5) is 0 Å². The number of para-hydroxylation sites is 2. The van der Waals surface area contributed by atoms with Crippen molar-refractivity contribution in [1.82, 2.24) is 4.57 Å². The molecule has 0 amide bonds. The van der Waals surface area contributed by atoms with Crippen molar-refractivity contribution < 1.29 is 0 Å². The zero-order chi connectivity index (χ0) is 21.1. The number of hydrogen-bond acceptors (Lipinski definition) is 0. The first-order valence-electron chi connectivity index (χ1n) is 11.6. The Hall–Kier alpha value is -3.28. The molecule has 2 heteroatoms. The summed E-state index contributed by atoms with van der Waals surface area (Å²) in [5.41, 5.74) is 5.52. The summed E-state index contributed by atoms with van der Waals surface area (Å²) in [6.07, 6.45) is 5.13. The molecule has 0 N–H and O–H groups in total. The molecule has 0 saturated carbocycles. The van der Waals surface area contributed by atoms with E-state index >= 15 is 0 Å². The van der Waals surface area contributed by atoms with Crippen LogP contribution in [0.1, 0.15) is 23.7 Å². The van der Waals surface area contributed by atoms with E-state index in [1.54, 1.807) is 16.0 Å². The molecule has 6 aromatic rings. The van der Waals surface area contributed by atoms with Gasteiger partial charge in [0.15, 0.2) is 0 Å². The fraction of sp³-hybridized carbons (Fsp3) is 0.133. The van der Waals surface area contributed by atoms with Gasteiger partial charge >= 0.3 is 0 Å². The predicted octanol–water partition coefficient (Wildman–Crippen LogP) is 8.79. The quantitative estimate of drug-likeness (QED) is 0.259. The molecule has 0 radical (unpaired) electrons. The lowest BCUT2D eigenvalue weighted by Crippen LogP contribution is -1.98. The Bertz CT molecular complexity index is 1600. The molecule has 2 aromatic heterocycles. The van der Waals surface area contributed by atoms with Crippen LogP contribution < -0.4 is 0 Å². The van der Waals surface area contributed by atoms with Crippen LogP contribution in [-0.2, 0) is 12.8 Å². The van der Waals surface area contributed by atoms with Crippen molar-refractivity contribution in [3.8, 4) is 11.0 Å². The van der Waals surface area contributed by atoms with Crippen LogP contribution in [0.2, 0.25) is 0 Å². The number of rotatable bonds is 2. The molecule has 0 saturated heterocycles. The molecule has 1 unspecified atom stereocenters. The Kier molecular flexibility index (Phi) is 4.07. The highest BCUT2D eigenvalue weighted by atomic mass is 31.1. The highest BCUT2D eigenvalue weighted by molar-refractivity contribution is 7.64. The van der Waals surface area contributed by atoms with E-state index in [0.29, 0.717) is 0 Å². The first kappa shape index (κ1) is 18.3. The van der Waals surface area contributed by atoms with E-state index in [4.69, 9.17) is 0 Å². The van der Waals surface area contributed by atoms with Crippen molar-refractivity contribution in [3.05, 3.63) is 108 Å². The topological polar surface area (TPSA) is 4.93 Å². The van der Waals surface area contributed by atoms with Gasteiger partial charge in [-0.3, -0.25) is 0 Å². The predicted molar refractivity (Wildman–Crippen MR) is 139 cm³/mol. The van der Waals surface area contributed by atoms with Crippen molar-refractivity contribution in [2.75, 3.05) is 0 Å². The highest BCUT2D eigenvalue weighted by Crippen LogP contribution is 2.58. The summed E-state index contributed by atoms with van der Waals surface area (Å²) in [6.45, 7) is 0. The number of aryl methyl sites for hydroxylation is 1. The van der Waals surface area contributed by atoms with Crippen molar-refractivity contribution in [2.24, 2.45) is 0 Å². The van der Waals surface area contributed by atoms with E-state index < -0.39 is 7.53 Å². The first-order valence-corrected chi connectivity index (χ1v) is 12.9. The molecule has 7 rings (SSSR count). The molecule has 0 aliphatic heterocycles. The highest BCUT2D eigenvalue weighted by Gasteiger charge is 2.25. The Morgan fingerprint density at radius 2 is 1.31 bits per heavy atom. The molecule has 0 fully saturated rings. The van der Waals surface area contributed by atoms with Crippen LogP contribution in [0.15, 0.2) is 97.1 Å². The molecule has 154 valence electrons. The third kappa shape index (κ3) is 2.52. The van der Waals surface area contributed by atoms with Crippen molar-refractivity contribution in [3.63, 3.8) is 0 Å². The molecule has 2 heterocycles. The van der Waals surface area contributed by atoms with Crippen LogP contribution in [0.25, 0.3) is 43.3 Å². The second-order valence-electron chi connectivity index (χ2n) is 8.85. The van der Waals surface area contributed by atoms with E-state index in [2.05, 4.69) is 102 Å². The summed E-state index contributed by atoms with van der Waals surface area (Å²) in [6, 6.07) is 35.9. The summed E-state index contributed by atoms with van der Waals surface area (Å²) in [4.78, 5) is 0. The van der Waals surface area contributed by atoms with E-state index in [9.17, 15) is 0 Å². The van der Waals surface area contributed by atoms with Gasteiger partial charge in [0.25, 0.3) is 0 Å². The van der Waals surface area contributed by atoms with Gasteiger partial charge in [-0.25, -0.2) is 0 Å². The van der Waals surface area contributed by atoms with Crippen molar-refractivity contribution in [1.29, 1.82) is 0 Å². The molecular formula is C30H24NP. The average Bonchev–Trinajstić information content (AvgIpc) is 3.38. The van der Waals surface area contributed by atoms with Gasteiger partial charge in [-0.2, -0.15) is 0 Å². The maximum absolute atomic E-state index is 2.46. The first-order chi connectivity index (χ1) is 15.9. The molecule has 1 aliphatic rings. The molecule has 1 aliphatic carbocycles. The van der Waals surface area contributed by atoms with Crippen molar-refractivity contribution >= 4 is 39.8 Å². The maximum Gasteiger partial charge on any atom is 0.0551 e. The van der Waals surface area contributed by atoms with E-state index in [0.717, 1.165) is 0 Å². The number of fused-ring (bicyclic) bond motifs is 7. The zero-order valence-electron chi connectivity index (χ0n) is 18.0. The normalized spacial score (nSPS) is 14.3. The number of nitrogens with zero attached hydrogens (tertiary/aromatic N) is 1. The van der Waals surface area contributed by atoms with Crippen LogP contribution in [-0.4, -0.2) is 4.57 Å². The third-order valence-electron chi connectivity index (χ3n) is 7.10. The van der Waals surface area contributed by atoms with Gasteiger partial charge in [-0.05, 0) is 71.5 Å². The second kappa shape index (κ2) is 7.12. The summed E-state index contributed by atoms with van der Waals surface area (Å²) in [7, 11) is -0.476. The molecule has 32 heavy (non-hydrogen) atoms. The Morgan fingerprint density at radius 1 is 0.594 bits per heavy atom. The third-order valence-corrected chi connectivity index (χ3v) is 9.86. The number of hydrogen-bond donors (Lipinski definition) is 0. The van der Waals surface area contributed by atoms with Gasteiger partial charge in [-0.1, -0.05) is 80.3 Å².